The molecule has 1 aliphatic heterocycles. The van der Waals surface area contributed by atoms with Crippen LogP contribution in [0.4, 0.5) is 5.69 Å². The van der Waals surface area contributed by atoms with Gasteiger partial charge < -0.3 is 34.5 Å². The van der Waals surface area contributed by atoms with Crippen molar-refractivity contribution in [1.82, 2.24) is 26.0 Å². The van der Waals surface area contributed by atoms with E-state index in [-0.39, 0.29) is 30.6 Å². The molecule has 13 nitrogen and oxygen atoms in total. The molecule has 1 aromatic heterocycles. The molecule has 236 valence electrons. The maximum atomic E-state index is 13.5. The van der Waals surface area contributed by atoms with Crippen molar-refractivity contribution in [2.45, 2.75) is 25.8 Å². The van der Waals surface area contributed by atoms with E-state index >= 15 is 0 Å². The van der Waals surface area contributed by atoms with Crippen molar-refractivity contribution in [1.29, 1.82) is 0 Å². The summed E-state index contributed by atoms with van der Waals surface area (Å²) in [5, 5.41) is 16.8. The largest absolute Gasteiger partial charge is 0.379 e. The number of fused-ring (bicyclic) bond motifs is 5. The minimum absolute atomic E-state index is 0.0540. The molecule has 0 fully saturated rings. The normalized spacial score (nSPS) is 12.0. The Bertz CT molecular complexity index is 1360. The van der Waals surface area contributed by atoms with Gasteiger partial charge in [-0.1, -0.05) is 42.5 Å². The first-order valence-electron chi connectivity index (χ1n) is 14.8. The fourth-order valence-electron chi connectivity index (χ4n) is 4.64. The van der Waals surface area contributed by atoms with Crippen molar-refractivity contribution in [3.8, 4) is 22.5 Å². The van der Waals surface area contributed by atoms with Gasteiger partial charge in [-0.05, 0) is 11.6 Å². The number of amides is 3. The van der Waals surface area contributed by atoms with Crippen molar-refractivity contribution < 1.29 is 33.3 Å². The Morgan fingerprint density at radius 1 is 0.727 bits per heavy atom. The molecule has 3 aromatic rings. The van der Waals surface area contributed by atoms with E-state index < -0.39 is 0 Å². The van der Waals surface area contributed by atoms with E-state index in [1.54, 1.807) is 11.9 Å². The standard InChI is InChI=1S/C31H40N6O7/c1-32-27(38)12-14-41-16-18-43-20-21-44-19-17-42-15-13-33-28(39)10-11-29(40)37-22-23-6-2-3-7-24(23)30-31(35-36-34-30)25-8-4-5-9-26(25)37/h2-9H,10-22H2,1H3,(H,32,38)(H,33,39)(H,34,35,36). The zero-order valence-corrected chi connectivity index (χ0v) is 25.0. The molecule has 0 saturated heterocycles. The molecule has 0 aliphatic carbocycles. The molecule has 4 rings (SSSR count). The van der Waals surface area contributed by atoms with Gasteiger partial charge in [-0.3, -0.25) is 14.4 Å². The smallest absolute Gasteiger partial charge is 0.227 e. The average Bonchev–Trinajstić information content (AvgIpc) is 3.53. The van der Waals surface area contributed by atoms with Crippen LogP contribution in [0.1, 0.15) is 24.8 Å². The zero-order valence-electron chi connectivity index (χ0n) is 25.0. The van der Waals surface area contributed by atoms with Crippen LogP contribution in [0, 0.1) is 0 Å². The molecular weight excluding hydrogens is 568 g/mol. The summed E-state index contributed by atoms with van der Waals surface area (Å²) in [6, 6.07) is 15.4. The number of hydrogen-bond acceptors (Lipinski definition) is 9. The third-order valence-corrected chi connectivity index (χ3v) is 6.90. The maximum Gasteiger partial charge on any atom is 0.227 e. The summed E-state index contributed by atoms with van der Waals surface area (Å²) in [4.78, 5) is 38.7. The number of ether oxygens (including phenoxy) is 4. The van der Waals surface area contributed by atoms with Crippen molar-refractivity contribution >= 4 is 23.4 Å². The summed E-state index contributed by atoms with van der Waals surface area (Å²) in [7, 11) is 1.59. The van der Waals surface area contributed by atoms with Gasteiger partial charge in [-0.2, -0.15) is 15.4 Å². The van der Waals surface area contributed by atoms with Crippen LogP contribution in [-0.4, -0.2) is 99.6 Å². The number of nitrogens with zero attached hydrogens (tertiary/aromatic N) is 3. The molecule has 3 N–H and O–H groups in total. The lowest BCUT2D eigenvalue weighted by Crippen LogP contribution is -2.33. The number of rotatable bonds is 18. The summed E-state index contributed by atoms with van der Waals surface area (Å²) in [6.07, 6.45) is 0.462. The summed E-state index contributed by atoms with van der Waals surface area (Å²) in [6.45, 7) is 3.91. The number of para-hydroxylation sites is 1. The summed E-state index contributed by atoms with van der Waals surface area (Å²) in [5.41, 5.74) is 4.82. The number of hydrogen-bond donors (Lipinski definition) is 3. The van der Waals surface area contributed by atoms with Gasteiger partial charge in [0.1, 0.15) is 11.4 Å². The lowest BCUT2D eigenvalue weighted by Gasteiger charge is -2.28. The highest BCUT2D eigenvalue weighted by molar-refractivity contribution is 6.01. The first-order valence-corrected chi connectivity index (χ1v) is 14.8. The van der Waals surface area contributed by atoms with E-state index in [0.717, 1.165) is 28.1 Å². The fraction of sp³-hybridized carbons (Fsp3) is 0.452. The van der Waals surface area contributed by atoms with Crippen molar-refractivity contribution in [3.63, 3.8) is 0 Å². The molecule has 13 heteroatoms. The van der Waals surface area contributed by atoms with Crippen LogP contribution in [0.2, 0.25) is 0 Å². The van der Waals surface area contributed by atoms with E-state index in [1.165, 1.54) is 0 Å². The Labute approximate surface area is 256 Å². The third kappa shape index (κ3) is 9.67. The van der Waals surface area contributed by atoms with Gasteiger partial charge in [0.15, 0.2) is 0 Å². The van der Waals surface area contributed by atoms with Crippen LogP contribution >= 0.6 is 0 Å². The lowest BCUT2D eigenvalue weighted by atomic mass is 9.95. The monoisotopic (exact) mass is 608 g/mol. The second-order valence-corrected chi connectivity index (χ2v) is 9.90. The molecule has 0 saturated carbocycles. The number of H-pyrrole nitrogens is 1. The van der Waals surface area contributed by atoms with Gasteiger partial charge in [0.25, 0.3) is 0 Å². The third-order valence-electron chi connectivity index (χ3n) is 6.90. The van der Waals surface area contributed by atoms with Crippen molar-refractivity contribution in [2.24, 2.45) is 0 Å². The quantitative estimate of drug-likeness (QED) is 0.184. The van der Waals surface area contributed by atoms with Crippen LogP contribution in [0.25, 0.3) is 22.5 Å². The fourth-order valence-corrected chi connectivity index (χ4v) is 4.64. The highest BCUT2D eigenvalue weighted by atomic mass is 16.6. The first kappa shape index (κ1) is 32.7. The van der Waals surface area contributed by atoms with E-state index in [9.17, 15) is 14.4 Å². The Kier molecular flexibility index (Phi) is 13.3. The minimum Gasteiger partial charge on any atom is -0.379 e. The Morgan fingerprint density at radius 2 is 1.32 bits per heavy atom. The molecule has 0 bridgehead atoms. The Balaban J connectivity index is 1.10. The maximum absolute atomic E-state index is 13.5. The zero-order chi connectivity index (χ0) is 31.0. The minimum atomic E-state index is -0.215. The average molecular weight is 609 g/mol. The number of aromatic amines is 1. The molecule has 3 amide bonds. The summed E-state index contributed by atoms with van der Waals surface area (Å²) in [5.74, 6) is -0.422. The van der Waals surface area contributed by atoms with Gasteiger partial charge in [-0.25, -0.2) is 0 Å². The second-order valence-electron chi connectivity index (χ2n) is 9.90. The molecule has 0 radical (unpaired) electrons. The van der Waals surface area contributed by atoms with Gasteiger partial charge in [0, 0.05) is 44.0 Å². The van der Waals surface area contributed by atoms with E-state index in [2.05, 4.69) is 26.0 Å². The van der Waals surface area contributed by atoms with E-state index in [4.69, 9.17) is 18.9 Å². The van der Waals surface area contributed by atoms with Crippen LogP contribution < -0.4 is 15.5 Å². The molecule has 2 heterocycles. The number of anilines is 1. The van der Waals surface area contributed by atoms with Crippen molar-refractivity contribution in [2.75, 3.05) is 71.3 Å². The van der Waals surface area contributed by atoms with E-state index in [0.29, 0.717) is 78.1 Å². The molecule has 0 unspecified atom stereocenters. The molecule has 1 aliphatic rings. The second kappa shape index (κ2) is 17.8. The number of carbonyl (C=O) groups is 3. The summed E-state index contributed by atoms with van der Waals surface area (Å²) >= 11 is 0. The predicted octanol–water partition coefficient (Wildman–Crippen LogP) is 2.08. The van der Waals surface area contributed by atoms with Gasteiger partial charge in [-0.15, -0.1) is 0 Å². The number of benzene rings is 2. The van der Waals surface area contributed by atoms with Crippen LogP contribution in [0.3, 0.4) is 0 Å². The lowest BCUT2D eigenvalue weighted by molar-refractivity contribution is -0.125. The van der Waals surface area contributed by atoms with Crippen LogP contribution in [0.5, 0.6) is 0 Å². The van der Waals surface area contributed by atoms with Crippen LogP contribution in [0.15, 0.2) is 48.5 Å². The van der Waals surface area contributed by atoms with E-state index in [1.807, 2.05) is 48.5 Å². The Hall–Kier alpha value is -4.17. The summed E-state index contributed by atoms with van der Waals surface area (Å²) < 4.78 is 21.7. The van der Waals surface area contributed by atoms with Gasteiger partial charge in [0.2, 0.25) is 17.7 Å². The molecule has 0 atom stereocenters. The molecule has 0 spiro atoms. The molecular formula is C31H40N6O7. The predicted molar refractivity (Wildman–Crippen MR) is 163 cm³/mol. The number of nitrogens with one attached hydrogen (secondary N) is 3. The highest BCUT2D eigenvalue weighted by Gasteiger charge is 2.27. The number of carbonyl (C=O) groups excluding carboxylic acids is 3. The SMILES string of the molecule is CNC(=O)CCOCCOCCOCCOCCNC(=O)CCC(=O)N1Cc2ccccc2-c2n[nH]nc2-c2ccccc21. The van der Waals surface area contributed by atoms with Crippen LogP contribution in [-0.2, 0) is 39.9 Å². The Morgan fingerprint density at radius 3 is 2.02 bits per heavy atom. The van der Waals surface area contributed by atoms with Gasteiger partial charge >= 0.3 is 0 Å². The highest BCUT2D eigenvalue weighted by Crippen LogP contribution is 2.39. The molecule has 44 heavy (non-hydrogen) atoms. The van der Waals surface area contributed by atoms with Crippen molar-refractivity contribution in [3.05, 3.63) is 54.1 Å². The number of aromatic nitrogens is 3. The first-order chi connectivity index (χ1) is 21.6. The topological polar surface area (TPSA) is 157 Å². The molecule has 2 aromatic carbocycles. The van der Waals surface area contributed by atoms with Gasteiger partial charge in [0.05, 0.1) is 65.1 Å².